The first-order valence-electron chi connectivity index (χ1n) is 7.08. The van der Waals surface area contributed by atoms with Crippen LogP contribution < -0.4 is 0 Å². The second-order valence-corrected chi connectivity index (χ2v) is 5.93. The van der Waals surface area contributed by atoms with E-state index in [1.807, 2.05) is 23.1 Å². The number of likely N-dealkylation sites (tertiary alicyclic amines) is 1. The minimum atomic E-state index is 0.138. The van der Waals surface area contributed by atoms with Crippen molar-refractivity contribution < 1.29 is 4.79 Å². The lowest BCUT2D eigenvalue weighted by atomic mass is 9.92. The highest BCUT2D eigenvalue weighted by atomic mass is 16.2. The SMILES string of the molecule is Cc1ccc(C=CC(=O)N2CC(C)CC(C)C2)cc1. The van der Waals surface area contributed by atoms with Crippen LogP contribution in [0.15, 0.2) is 30.3 Å². The van der Waals surface area contributed by atoms with Gasteiger partial charge in [-0.1, -0.05) is 43.7 Å². The van der Waals surface area contributed by atoms with Gasteiger partial charge in [0.05, 0.1) is 0 Å². The summed E-state index contributed by atoms with van der Waals surface area (Å²) in [6.45, 7) is 8.29. The minimum absolute atomic E-state index is 0.138. The Labute approximate surface area is 116 Å². The fourth-order valence-electron chi connectivity index (χ4n) is 2.79. The van der Waals surface area contributed by atoms with Gasteiger partial charge < -0.3 is 4.90 Å². The van der Waals surface area contributed by atoms with E-state index in [2.05, 4.69) is 32.9 Å². The molecule has 0 radical (unpaired) electrons. The molecule has 0 aromatic heterocycles. The quantitative estimate of drug-likeness (QED) is 0.742. The maximum atomic E-state index is 12.2. The third-order valence-corrected chi connectivity index (χ3v) is 3.68. The average Bonchev–Trinajstić information content (AvgIpc) is 2.36. The molecule has 0 saturated carbocycles. The van der Waals surface area contributed by atoms with Crippen LogP contribution in [0.25, 0.3) is 6.08 Å². The van der Waals surface area contributed by atoms with Crippen LogP contribution in [-0.4, -0.2) is 23.9 Å². The van der Waals surface area contributed by atoms with Crippen molar-refractivity contribution >= 4 is 12.0 Å². The number of carbonyl (C=O) groups is 1. The number of aryl methyl sites for hydroxylation is 1. The summed E-state index contributed by atoms with van der Waals surface area (Å²) in [5, 5.41) is 0. The largest absolute Gasteiger partial charge is 0.339 e. The highest BCUT2D eigenvalue weighted by Gasteiger charge is 2.23. The molecule has 1 saturated heterocycles. The Morgan fingerprint density at radius 1 is 1.16 bits per heavy atom. The van der Waals surface area contributed by atoms with Gasteiger partial charge in [-0.25, -0.2) is 0 Å². The summed E-state index contributed by atoms with van der Waals surface area (Å²) in [4.78, 5) is 14.1. The Bertz CT molecular complexity index is 451. The van der Waals surface area contributed by atoms with E-state index in [0.717, 1.165) is 18.7 Å². The van der Waals surface area contributed by atoms with E-state index in [0.29, 0.717) is 11.8 Å². The smallest absolute Gasteiger partial charge is 0.246 e. The lowest BCUT2D eigenvalue weighted by Gasteiger charge is -2.34. The number of hydrogen-bond donors (Lipinski definition) is 0. The van der Waals surface area contributed by atoms with Gasteiger partial charge in [0.2, 0.25) is 5.91 Å². The van der Waals surface area contributed by atoms with Gasteiger partial charge in [-0.3, -0.25) is 4.79 Å². The number of nitrogens with zero attached hydrogens (tertiary/aromatic N) is 1. The summed E-state index contributed by atoms with van der Waals surface area (Å²) in [6, 6.07) is 8.21. The molecular formula is C17H23NO. The monoisotopic (exact) mass is 257 g/mol. The van der Waals surface area contributed by atoms with Crippen molar-refractivity contribution in [1.29, 1.82) is 0 Å². The Kier molecular flexibility index (Phi) is 4.41. The highest BCUT2D eigenvalue weighted by Crippen LogP contribution is 2.21. The molecule has 0 aliphatic carbocycles. The Morgan fingerprint density at radius 3 is 2.32 bits per heavy atom. The topological polar surface area (TPSA) is 20.3 Å². The number of piperidine rings is 1. The molecule has 0 bridgehead atoms. The predicted molar refractivity (Wildman–Crippen MR) is 79.7 cm³/mol. The molecule has 1 aromatic carbocycles. The molecule has 2 rings (SSSR count). The molecule has 1 amide bonds. The molecule has 1 aliphatic rings. The molecule has 2 nitrogen and oxygen atoms in total. The molecule has 1 fully saturated rings. The van der Waals surface area contributed by atoms with Crippen LogP contribution in [0.1, 0.15) is 31.4 Å². The third kappa shape index (κ3) is 3.95. The van der Waals surface area contributed by atoms with Crippen molar-refractivity contribution in [3.05, 3.63) is 41.5 Å². The summed E-state index contributed by atoms with van der Waals surface area (Å²) < 4.78 is 0. The first kappa shape index (κ1) is 13.9. The first-order chi connectivity index (χ1) is 9.04. The minimum Gasteiger partial charge on any atom is -0.339 e. The Balaban J connectivity index is 1.98. The average molecular weight is 257 g/mol. The van der Waals surface area contributed by atoms with E-state index in [-0.39, 0.29) is 5.91 Å². The number of benzene rings is 1. The molecule has 2 atom stereocenters. The van der Waals surface area contributed by atoms with Crippen LogP contribution in [0, 0.1) is 18.8 Å². The van der Waals surface area contributed by atoms with Crippen molar-refractivity contribution in [2.45, 2.75) is 27.2 Å². The van der Waals surface area contributed by atoms with Crippen molar-refractivity contribution in [3.63, 3.8) is 0 Å². The molecule has 2 unspecified atom stereocenters. The van der Waals surface area contributed by atoms with Gasteiger partial charge in [0.1, 0.15) is 0 Å². The van der Waals surface area contributed by atoms with E-state index < -0.39 is 0 Å². The fraction of sp³-hybridized carbons (Fsp3) is 0.471. The summed E-state index contributed by atoms with van der Waals surface area (Å²) in [5.74, 6) is 1.36. The van der Waals surface area contributed by atoms with E-state index in [1.165, 1.54) is 12.0 Å². The number of amides is 1. The lowest BCUT2D eigenvalue weighted by Crippen LogP contribution is -2.41. The van der Waals surface area contributed by atoms with Crippen molar-refractivity contribution in [3.8, 4) is 0 Å². The summed E-state index contributed by atoms with van der Waals surface area (Å²) >= 11 is 0. The predicted octanol–water partition coefficient (Wildman–Crippen LogP) is 3.51. The lowest BCUT2D eigenvalue weighted by molar-refractivity contribution is -0.128. The van der Waals surface area contributed by atoms with Gasteiger partial charge >= 0.3 is 0 Å². The van der Waals surface area contributed by atoms with Gasteiger partial charge in [0.15, 0.2) is 0 Å². The number of carbonyl (C=O) groups excluding carboxylic acids is 1. The van der Waals surface area contributed by atoms with Crippen molar-refractivity contribution in [2.75, 3.05) is 13.1 Å². The van der Waals surface area contributed by atoms with Crippen LogP contribution in [0.5, 0.6) is 0 Å². The van der Waals surface area contributed by atoms with Gasteiger partial charge in [-0.15, -0.1) is 0 Å². The molecular weight excluding hydrogens is 234 g/mol. The van der Waals surface area contributed by atoms with E-state index in [9.17, 15) is 4.79 Å². The second-order valence-electron chi connectivity index (χ2n) is 5.93. The normalized spacial score (nSPS) is 23.8. The van der Waals surface area contributed by atoms with Crippen molar-refractivity contribution in [2.24, 2.45) is 11.8 Å². The maximum Gasteiger partial charge on any atom is 0.246 e. The molecule has 19 heavy (non-hydrogen) atoms. The molecule has 2 heteroatoms. The van der Waals surface area contributed by atoms with Crippen LogP contribution in [-0.2, 0) is 4.79 Å². The maximum absolute atomic E-state index is 12.2. The molecule has 1 aromatic rings. The number of rotatable bonds is 2. The van der Waals surface area contributed by atoms with Gasteiger partial charge in [-0.05, 0) is 36.8 Å². The highest BCUT2D eigenvalue weighted by molar-refractivity contribution is 5.91. The summed E-state index contributed by atoms with van der Waals surface area (Å²) in [6.07, 6.45) is 4.84. The molecule has 0 N–H and O–H groups in total. The van der Waals surface area contributed by atoms with E-state index in [4.69, 9.17) is 0 Å². The van der Waals surface area contributed by atoms with Gasteiger partial charge in [-0.2, -0.15) is 0 Å². The van der Waals surface area contributed by atoms with E-state index >= 15 is 0 Å². The second kappa shape index (κ2) is 6.05. The molecule has 102 valence electrons. The van der Waals surface area contributed by atoms with E-state index in [1.54, 1.807) is 6.08 Å². The zero-order valence-corrected chi connectivity index (χ0v) is 12.1. The van der Waals surface area contributed by atoms with Gasteiger partial charge in [0.25, 0.3) is 0 Å². The zero-order chi connectivity index (χ0) is 13.8. The van der Waals surface area contributed by atoms with Crippen molar-refractivity contribution in [1.82, 2.24) is 4.90 Å². The van der Waals surface area contributed by atoms with Crippen LogP contribution in [0.4, 0.5) is 0 Å². The fourth-order valence-corrected chi connectivity index (χ4v) is 2.79. The molecule has 1 aliphatic heterocycles. The standard InChI is InChI=1S/C17H23NO/c1-13-4-6-16(7-5-13)8-9-17(19)18-11-14(2)10-15(3)12-18/h4-9,14-15H,10-12H2,1-3H3. The Hall–Kier alpha value is -1.57. The molecule has 1 heterocycles. The number of hydrogen-bond acceptors (Lipinski definition) is 1. The summed E-state index contributed by atoms with van der Waals surface area (Å²) in [5.41, 5.74) is 2.32. The first-order valence-corrected chi connectivity index (χ1v) is 7.08. The summed E-state index contributed by atoms with van der Waals surface area (Å²) in [7, 11) is 0. The van der Waals surface area contributed by atoms with Crippen LogP contribution >= 0.6 is 0 Å². The van der Waals surface area contributed by atoms with Crippen LogP contribution in [0.3, 0.4) is 0 Å². The zero-order valence-electron chi connectivity index (χ0n) is 12.1. The Morgan fingerprint density at radius 2 is 1.74 bits per heavy atom. The van der Waals surface area contributed by atoms with Crippen LogP contribution in [0.2, 0.25) is 0 Å². The third-order valence-electron chi connectivity index (χ3n) is 3.68. The van der Waals surface area contributed by atoms with Gasteiger partial charge in [0, 0.05) is 19.2 Å². The molecule has 0 spiro atoms.